The first-order valence-corrected chi connectivity index (χ1v) is 8.80. The highest BCUT2D eigenvalue weighted by Crippen LogP contribution is 2.26. The first-order chi connectivity index (χ1) is 12.6. The number of benzene rings is 2. The molecule has 0 aliphatic heterocycles. The van der Waals surface area contributed by atoms with Gasteiger partial charge in [0.1, 0.15) is 11.6 Å². The smallest absolute Gasteiger partial charge is 0.163 e. The van der Waals surface area contributed by atoms with Crippen LogP contribution in [0, 0.1) is 0 Å². The highest BCUT2D eigenvalue weighted by molar-refractivity contribution is 6.35. The zero-order valence-corrected chi connectivity index (χ0v) is 15.7. The molecule has 0 bridgehead atoms. The van der Waals surface area contributed by atoms with Crippen molar-refractivity contribution < 1.29 is 4.74 Å². The molecule has 3 rings (SSSR count). The molecule has 1 aromatic heterocycles. The van der Waals surface area contributed by atoms with Crippen LogP contribution in [-0.4, -0.2) is 30.2 Å². The first-order valence-electron chi connectivity index (χ1n) is 8.04. The number of aromatic nitrogens is 2. The molecule has 0 atom stereocenters. The average molecular weight is 389 g/mol. The molecule has 134 valence electrons. The molecule has 2 aromatic carbocycles. The fourth-order valence-corrected chi connectivity index (χ4v) is 2.90. The van der Waals surface area contributed by atoms with Crippen LogP contribution in [-0.2, 0) is 4.74 Å². The fraction of sp³-hybridized carbons (Fsp3) is 0.158. The zero-order valence-electron chi connectivity index (χ0n) is 14.2. The zero-order chi connectivity index (χ0) is 18.4. The van der Waals surface area contributed by atoms with Gasteiger partial charge in [-0.2, -0.15) is 0 Å². The standard InChI is InChI=1S/C19H18Cl2N4O/c1-26-8-7-22-17-12-18(23-16-10-14(20)9-15(21)11-16)25-19(24-17)13-5-3-2-4-6-13/h2-6,9-12H,7-8H2,1H3,(H2,22,23,24,25). The SMILES string of the molecule is COCCNc1cc(Nc2cc(Cl)cc(Cl)c2)nc(-c2ccccc2)n1. The van der Waals surface area contributed by atoms with Crippen LogP contribution in [0.1, 0.15) is 0 Å². The van der Waals surface area contributed by atoms with Gasteiger partial charge in [-0.05, 0) is 18.2 Å². The van der Waals surface area contributed by atoms with Crippen LogP contribution in [0.15, 0.2) is 54.6 Å². The Bertz CT molecular complexity index is 854. The summed E-state index contributed by atoms with van der Waals surface area (Å²) in [6.45, 7) is 1.22. The second kappa shape index (κ2) is 8.85. The Morgan fingerprint density at radius 2 is 1.62 bits per heavy atom. The van der Waals surface area contributed by atoms with Crippen molar-refractivity contribution >= 4 is 40.5 Å². The lowest BCUT2D eigenvalue weighted by atomic mass is 10.2. The van der Waals surface area contributed by atoms with Gasteiger partial charge in [0.15, 0.2) is 5.82 Å². The van der Waals surface area contributed by atoms with Crippen LogP contribution in [0.2, 0.25) is 10.0 Å². The summed E-state index contributed by atoms with van der Waals surface area (Å²) in [7, 11) is 1.66. The molecule has 7 heteroatoms. The number of ether oxygens (including phenoxy) is 1. The van der Waals surface area contributed by atoms with Crippen molar-refractivity contribution in [2.45, 2.75) is 0 Å². The molecule has 0 fully saturated rings. The number of anilines is 3. The van der Waals surface area contributed by atoms with Crippen molar-refractivity contribution in [3.8, 4) is 11.4 Å². The largest absolute Gasteiger partial charge is 0.383 e. The number of rotatable bonds is 7. The number of hydrogen-bond donors (Lipinski definition) is 2. The van der Waals surface area contributed by atoms with Gasteiger partial charge in [0.05, 0.1) is 6.61 Å². The lowest BCUT2D eigenvalue weighted by molar-refractivity contribution is 0.210. The number of nitrogens with zero attached hydrogens (tertiary/aromatic N) is 2. The molecule has 3 aromatic rings. The second-order valence-corrected chi connectivity index (χ2v) is 6.40. The van der Waals surface area contributed by atoms with Crippen LogP contribution in [0.4, 0.5) is 17.3 Å². The fourth-order valence-electron chi connectivity index (χ4n) is 2.37. The average Bonchev–Trinajstić information content (AvgIpc) is 2.62. The molecule has 0 spiro atoms. The molecule has 0 radical (unpaired) electrons. The van der Waals surface area contributed by atoms with Gasteiger partial charge < -0.3 is 15.4 Å². The van der Waals surface area contributed by atoms with E-state index in [-0.39, 0.29) is 0 Å². The van der Waals surface area contributed by atoms with Crippen molar-refractivity contribution in [1.82, 2.24) is 9.97 Å². The molecule has 0 unspecified atom stereocenters. The molecule has 0 saturated heterocycles. The maximum absolute atomic E-state index is 6.08. The molecular formula is C19H18Cl2N4O. The monoisotopic (exact) mass is 388 g/mol. The van der Waals surface area contributed by atoms with Crippen LogP contribution < -0.4 is 10.6 Å². The molecule has 26 heavy (non-hydrogen) atoms. The van der Waals surface area contributed by atoms with Gasteiger partial charge in [-0.25, -0.2) is 9.97 Å². The molecule has 0 aliphatic rings. The van der Waals surface area contributed by atoms with E-state index in [0.29, 0.717) is 40.7 Å². The summed E-state index contributed by atoms with van der Waals surface area (Å²) in [6, 6.07) is 16.9. The first kappa shape index (κ1) is 18.5. The van der Waals surface area contributed by atoms with E-state index in [9.17, 15) is 0 Å². The summed E-state index contributed by atoms with van der Waals surface area (Å²) in [4.78, 5) is 9.19. The Morgan fingerprint density at radius 3 is 2.31 bits per heavy atom. The van der Waals surface area contributed by atoms with Gasteiger partial charge in [0.2, 0.25) is 0 Å². The third-order valence-electron chi connectivity index (χ3n) is 3.51. The van der Waals surface area contributed by atoms with Gasteiger partial charge in [0, 0.05) is 41.0 Å². The van der Waals surface area contributed by atoms with Crippen LogP contribution in [0.25, 0.3) is 11.4 Å². The Kier molecular flexibility index (Phi) is 6.28. The van der Waals surface area contributed by atoms with E-state index in [4.69, 9.17) is 27.9 Å². The lowest BCUT2D eigenvalue weighted by Gasteiger charge is -2.12. The number of halogens is 2. The van der Waals surface area contributed by atoms with Crippen molar-refractivity contribution in [2.24, 2.45) is 0 Å². The molecule has 1 heterocycles. The Morgan fingerprint density at radius 1 is 0.923 bits per heavy atom. The predicted octanol–water partition coefficient (Wildman–Crippen LogP) is 5.25. The third kappa shape index (κ3) is 5.08. The summed E-state index contributed by atoms with van der Waals surface area (Å²) in [6.07, 6.45) is 0. The van der Waals surface area contributed by atoms with E-state index in [1.165, 1.54) is 0 Å². The second-order valence-electron chi connectivity index (χ2n) is 5.53. The van der Waals surface area contributed by atoms with Gasteiger partial charge >= 0.3 is 0 Å². The highest BCUT2D eigenvalue weighted by atomic mass is 35.5. The van der Waals surface area contributed by atoms with Gasteiger partial charge in [-0.15, -0.1) is 0 Å². The minimum atomic E-state index is 0.552. The third-order valence-corrected chi connectivity index (χ3v) is 3.94. The van der Waals surface area contributed by atoms with Crippen molar-refractivity contribution in [2.75, 3.05) is 30.9 Å². The van der Waals surface area contributed by atoms with E-state index in [0.717, 1.165) is 11.3 Å². The topological polar surface area (TPSA) is 59.1 Å². The van der Waals surface area contributed by atoms with Crippen LogP contribution >= 0.6 is 23.2 Å². The summed E-state index contributed by atoms with van der Waals surface area (Å²) in [5, 5.41) is 7.58. The van der Waals surface area contributed by atoms with Gasteiger partial charge in [-0.3, -0.25) is 0 Å². The molecule has 0 amide bonds. The molecule has 5 nitrogen and oxygen atoms in total. The van der Waals surface area contributed by atoms with E-state index in [2.05, 4.69) is 20.6 Å². The van der Waals surface area contributed by atoms with Crippen LogP contribution in [0.3, 0.4) is 0 Å². The lowest BCUT2D eigenvalue weighted by Crippen LogP contribution is -2.10. The minimum absolute atomic E-state index is 0.552. The van der Waals surface area contributed by atoms with Gasteiger partial charge in [-0.1, -0.05) is 53.5 Å². The van der Waals surface area contributed by atoms with Crippen molar-refractivity contribution in [3.05, 3.63) is 64.6 Å². The molecule has 2 N–H and O–H groups in total. The number of hydrogen-bond acceptors (Lipinski definition) is 5. The van der Waals surface area contributed by atoms with E-state index in [1.807, 2.05) is 36.4 Å². The molecule has 0 saturated carbocycles. The summed E-state index contributed by atoms with van der Waals surface area (Å²) in [5.41, 5.74) is 1.68. The Balaban J connectivity index is 1.93. The quantitative estimate of drug-likeness (QED) is 0.541. The Hall–Kier alpha value is -2.34. The normalized spacial score (nSPS) is 10.6. The number of methoxy groups -OCH3 is 1. The number of nitrogens with one attached hydrogen (secondary N) is 2. The van der Waals surface area contributed by atoms with Crippen molar-refractivity contribution in [1.29, 1.82) is 0 Å². The predicted molar refractivity (Wildman–Crippen MR) is 108 cm³/mol. The highest BCUT2D eigenvalue weighted by Gasteiger charge is 2.08. The maximum Gasteiger partial charge on any atom is 0.163 e. The van der Waals surface area contributed by atoms with E-state index < -0.39 is 0 Å². The summed E-state index contributed by atoms with van der Waals surface area (Å²) < 4.78 is 5.08. The molecule has 0 aliphatic carbocycles. The van der Waals surface area contributed by atoms with E-state index >= 15 is 0 Å². The van der Waals surface area contributed by atoms with E-state index in [1.54, 1.807) is 25.3 Å². The van der Waals surface area contributed by atoms with Crippen molar-refractivity contribution in [3.63, 3.8) is 0 Å². The van der Waals surface area contributed by atoms with Gasteiger partial charge in [0.25, 0.3) is 0 Å². The minimum Gasteiger partial charge on any atom is -0.383 e. The Labute approximate surface area is 162 Å². The summed E-state index contributed by atoms with van der Waals surface area (Å²) >= 11 is 12.2. The summed E-state index contributed by atoms with van der Waals surface area (Å²) in [5.74, 6) is 1.95. The molecular weight excluding hydrogens is 371 g/mol. The maximum atomic E-state index is 6.08. The van der Waals surface area contributed by atoms with Crippen LogP contribution in [0.5, 0.6) is 0 Å².